The van der Waals surface area contributed by atoms with Crippen LogP contribution in [0.4, 0.5) is 0 Å². The van der Waals surface area contributed by atoms with Crippen molar-refractivity contribution < 1.29 is 19.3 Å². The third kappa shape index (κ3) is 5.61. The van der Waals surface area contributed by atoms with Crippen LogP contribution in [0.2, 0.25) is 0 Å². The van der Waals surface area contributed by atoms with Crippen LogP contribution in [-0.2, 0) is 6.54 Å². The molecule has 1 aliphatic rings. The molecule has 1 heterocycles. The highest BCUT2D eigenvalue weighted by molar-refractivity contribution is 5.51. The fourth-order valence-electron chi connectivity index (χ4n) is 3.46. The summed E-state index contributed by atoms with van der Waals surface area (Å²) in [6.45, 7) is 5.67. The Bertz CT molecular complexity index is 695. The number of aliphatic hydroxyl groups is 1. The van der Waals surface area contributed by atoms with Gasteiger partial charge in [0.25, 0.3) is 0 Å². The van der Waals surface area contributed by atoms with E-state index in [4.69, 9.17) is 14.2 Å². The predicted octanol–water partition coefficient (Wildman–Crippen LogP) is 2.26. The Morgan fingerprint density at radius 3 is 2.07 bits per heavy atom. The minimum atomic E-state index is -0.574. The van der Waals surface area contributed by atoms with Gasteiger partial charge >= 0.3 is 0 Å². The van der Waals surface area contributed by atoms with Crippen molar-refractivity contribution in [3.05, 3.63) is 54.1 Å². The molecule has 3 rings (SSSR count). The molecule has 28 heavy (non-hydrogen) atoms. The zero-order valence-corrected chi connectivity index (χ0v) is 16.7. The van der Waals surface area contributed by atoms with Crippen LogP contribution < -0.4 is 14.2 Å². The van der Waals surface area contributed by atoms with Gasteiger partial charge in [-0.3, -0.25) is 9.80 Å². The average Bonchev–Trinajstić information content (AvgIpc) is 2.74. The van der Waals surface area contributed by atoms with E-state index in [1.165, 1.54) is 5.56 Å². The minimum Gasteiger partial charge on any atom is -0.493 e. The van der Waals surface area contributed by atoms with Gasteiger partial charge in [0.05, 0.1) is 14.2 Å². The van der Waals surface area contributed by atoms with Crippen LogP contribution in [0.25, 0.3) is 0 Å². The van der Waals surface area contributed by atoms with Crippen LogP contribution in [0.5, 0.6) is 17.2 Å². The number of ether oxygens (including phenoxy) is 3. The lowest BCUT2D eigenvalue weighted by Crippen LogP contribution is -2.48. The number of benzene rings is 2. The van der Waals surface area contributed by atoms with E-state index in [1.807, 2.05) is 24.3 Å². The molecule has 1 N–H and O–H groups in total. The largest absolute Gasteiger partial charge is 0.493 e. The number of β-amino-alcohol motifs (C(OH)–C–C–N with tert-alkyl or cyclic N) is 1. The highest BCUT2D eigenvalue weighted by Crippen LogP contribution is 2.36. The van der Waals surface area contributed by atoms with Gasteiger partial charge in [-0.2, -0.15) is 0 Å². The van der Waals surface area contributed by atoms with Crippen molar-refractivity contribution in [1.29, 1.82) is 0 Å². The van der Waals surface area contributed by atoms with Gasteiger partial charge < -0.3 is 19.3 Å². The summed E-state index contributed by atoms with van der Waals surface area (Å²) in [5.74, 6) is 1.72. The van der Waals surface area contributed by atoms with E-state index in [-0.39, 0.29) is 6.61 Å². The molecule has 152 valence electrons. The number of nitrogens with zero attached hydrogens (tertiary/aromatic N) is 2. The smallest absolute Gasteiger partial charge is 0.203 e. The monoisotopic (exact) mass is 386 g/mol. The van der Waals surface area contributed by atoms with Crippen LogP contribution in [0, 0.1) is 0 Å². The maximum atomic E-state index is 10.4. The first kappa shape index (κ1) is 20.5. The van der Waals surface area contributed by atoms with E-state index in [9.17, 15) is 5.11 Å². The van der Waals surface area contributed by atoms with E-state index in [2.05, 4.69) is 34.1 Å². The number of para-hydroxylation sites is 1. The van der Waals surface area contributed by atoms with Gasteiger partial charge in [-0.05, 0) is 17.7 Å². The Morgan fingerprint density at radius 1 is 0.857 bits per heavy atom. The summed E-state index contributed by atoms with van der Waals surface area (Å²) < 4.78 is 16.5. The Morgan fingerprint density at radius 2 is 1.46 bits per heavy atom. The normalized spacial score (nSPS) is 16.5. The SMILES string of the molecule is COc1cccc(OC)c1OC[C@H](O)CN1CCN(Cc2ccccc2)CC1. The summed E-state index contributed by atoms with van der Waals surface area (Å²) >= 11 is 0. The van der Waals surface area contributed by atoms with Crippen molar-refractivity contribution in [3.8, 4) is 17.2 Å². The first-order valence-electron chi connectivity index (χ1n) is 9.70. The molecule has 1 saturated heterocycles. The topological polar surface area (TPSA) is 54.4 Å². The molecule has 0 aromatic heterocycles. The quantitative estimate of drug-likeness (QED) is 0.714. The van der Waals surface area contributed by atoms with Crippen LogP contribution in [-0.4, -0.2) is 74.6 Å². The van der Waals surface area contributed by atoms with Crippen molar-refractivity contribution in [2.75, 3.05) is 53.6 Å². The van der Waals surface area contributed by atoms with Crippen molar-refractivity contribution in [3.63, 3.8) is 0 Å². The van der Waals surface area contributed by atoms with Gasteiger partial charge in [0, 0.05) is 39.3 Å². The molecular formula is C22H30N2O4. The summed E-state index contributed by atoms with van der Waals surface area (Å²) in [6, 6.07) is 16.0. The summed E-state index contributed by atoms with van der Waals surface area (Å²) in [6.07, 6.45) is -0.574. The lowest BCUT2D eigenvalue weighted by atomic mass is 10.2. The number of hydrogen-bond donors (Lipinski definition) is 1. The van der Waals surface area contributed by atoms with Crippen LogP contribution in [0.3, 0.4) is 0 Å². The van der Waals surface area contributed by atoms with Crippen molar-refractivity contribution in [2.45, 2.75) is 12.6 Å². The Balaban J connectivity index is 1.43. The maximum Gasteiger partial charge on any atom is 0.203 e. The number of aliphatic hydroxyl groups excluding tert-OH is 1. The van der Waals surface area contributed by atoms with E-state index in [0.717, 1.165) is 32.7 Å². The third-order valence-corrected chi connectivity index (χ3v) is 4.99. The molecule has 0 spiro atoms. The second kappa shape index (κ2) is 10.3. The van der Waals surface area contributed by atoms with Crippen LogP contribution in [0.1, 0.15) is 5.56 Å². The molecule has 1 atom stereocenters. The van der Waals surface area contributed by atoms with Crippen LogP contribution >= 0.6 is 0 Å². The summed E-state index contributed by atoms with van der Waals surface area (Å²) in [7, 11) is 3.18. The van der Waals surface area contributed by atoms with Crippen molar-refractivity contribution in [1.82, 2.24) is 9.80 Å². The molecule has 0 amide bonds. The zero-order valence-electron chi connectivity index (χ0n) is 16.7. The van der Waals surface area contributed by atoms with Gasteiger partial charge in [0.15, 0.2) is 11.5 Å². The van der Waals surface area contributed by atoms with Gasteiger partial charge in [0.1, 0.15) is 12.7 Å². The molecule has 0 bridgehead atoms. The first-order valence-corrected chi connectivity index (χ1v) is 9.70. The minimum absolute atomic E-state index is 0.195. The second-order valence-corrected chi connectivity index (χ2v) is 7.02. The van der Waals surface area contributed by atoms with E-state index in [0.29, 0.717) is 23.8 Å². The number of methoxy groups -OCH3 is 2. The van der Waals surface area contributed by atoms with Gasteiger partial charge in [0.2, 0.25) is 5.75 Å². The lowest BCUT2D eigenvalue weighted by molar-refractivity contribution is 0.0434. The predicted molar refractivity (Wildman–Crippen MR) is 109 cm³/mol. The van der Waals surface area contributed by atoms with E-state index < -0.39 is 6.10 Å². The Kier molecular flexibility index (Phi) is 7.54. The van der Waals surface area contributed by atoms with E-state index >= 15 is 0 Å². The van der Waals surface area contributed by atoms with Crippen LogP contribution in [0.15, 0.2) is 48.5 Å². The Hall–Kier alpha value is -2.28. The second-order valence-electron chi connectivity index (χ2n) is 7.02. The standard InChI is InChI=1S/C22H30N2O4/c1-26-20-9-6-10-21(27-2)22(20)28-17-19(25)16-24-13-11-23(12-14-24)15-18-7-4-3-5-8-18/h3-10,19,25H,11-17H2,1-2H3/t19-/m1/s1. The van der Waals surface area contributed by atoms with Crippen molar-refractivity contribution >= 4 is 0 Å². The summed E-state index contributed by atoms with van der Waals surface area (Å²) in [5, 5.41) is 10.4. The fraction of sp³-hybridized carbons (Fsp3) is 0.455. The van der Waals surface area contributed by atoms with Crippen molar-refractivity contribution in [2.24, 2.45) is 0 Å². The lowest BCUT2D eigenvalue weighted by Gasteiger charge is -2.35. The molecule has 1 aliphatic heterocycles. The summed E-state index contributed by atoms with van der Waals surface area (Å²) in [5.41, 5.74) is 1.34. The molecule has 0 radical (unpaired) electrons. The Labute approximate surface area is 167 Å². The fourth-order valence-corrected chi connectivity index (χ4v) is 3.46. The number of hydrogen-bond acceptors (Lipinski definition) is 6. The average molecular weight is 386 g/mol. The molecule has 6 nitrogen and oxygen atoms in total. The molecule has 0 unspecified atom stereocenters. The molecule has 6 heteroatoms. The zero-order chi connectivity index (χ0) is 19.8. The molecule has 2 aromatic rings. The van der Waals surface area contributed by atoms with E-state index in [1.54, 1.807) is 14.2 Å². The molecule has 2 aromatic carbocycles. The van der Waals surface area contributed by atoms with Gasteiger partial charge in [-0.1, -0.05) is 36.4 Å². The van der Waals surface area contributed by atoms with Gasteiger partial charge in [-0.15, -0.1) is 0 Å². The summed E-state index contributed by atoms with van der Waals surface area (Å²) in [4.78, 5) is 4.74. The first-order chi connectivity index (χ1) is 13.7. The highest BCUT2D eigenvalue weighted by atomic mass is 16.5. The third-order valence-electron chi connectivity index (χ3n) is 4.99. The van der Waals surface area contributed by atoms with Gasteiger partial charge in [-0.25, -0.2) is 0 Å². The number of rotatable bonds is 9. The molecule has 1 fully saturated rings. The number of piperazine rings is 1. The molecule has 0 saturated carbocycles. The molecule has 0 aliphatic carbocycles. The maximum absolute atomic E-state index is 10.4. The molecular weight excluding hydrogens is 356 g/mol. The highest BCUT2D eigenvalue weighted by Gasteiger charge is 2.20.